The third kappa shape index (κ3) is 2.70. The van der Waals surface area contributed by atoms with Gasteiger partial charge in [-0.3, -0.25) is 4.99 Å². The molecule has 0 aromatic heterocycles. The van der Waals surface area contributed by atoms with Gasteiger partial charge in [0, 0.05) is 6.21 Å². The van der Waals surface area contributed by atoms with Crippen molar-refractivity contribution < 1.29 is 18.9 Å². The van der Waals surface area contributed by atoms with Crippen molar-refractivity contribution in [3.8, 4) is 5.75 Å². The van der Waals surface area contributed by atoms with Crippen LogP contribution in [-0.2, 0) is 14.2 Å². The van der Waals surface area contributed by atoms with E-state index in [1.165, 1.54) is 0 Å². The molecule has 1 aromatic carbocycles. The standard InChI is InChI=1S/C15H19NO4/c1-15(2)19-13-9-18-12(14(13)20-15)8-16-10-4-6-11(17-3)7-5-10/h4-8,12-14H,9H2,1-3H3/t12-,13-,14+/m1/s1. The minimum Gasteiger partial charge on any atom is -0.497 e. The highest BCUT2D eigenvalue weighted by atomic mass is 16.8. The molecule has 0 aliphatic carbocycles. The lowest BCUT2D eigenvalue weighted by Gasteiger charge is -2.19. The number of methoxy groups -OCH3 is 1. The number of fused-ring (bicyclic) bond motifs is 1. The third-order valence-electron chi connectivity index (χ3n) is 3.44. The molecule has 3 atom stereocenters. The van der Waals surface area contributed by atoms with Gasteiger partial charge in [-0.2, -0.15) is 0 Å². The Morgan fingerprint density at radius 3 is 2.70 bits per heavy atom. The number of nitrogens with zero attached hydrogens (tertiary/aromatic N) is 1. The third-order valence-corrected chi connectivity index (χ3v) is 3.44. The van der Waals surface area contributed by atoms with Gasteiger partial charge in [-0.05, 0) is 38.1 Å². The van der Waals surface area contributed by atoms with Gasteiger partial charge in [0.05, 0.1) is 19.4 Å². The molecule has 1 aromatic rings. The molecule has 108 valence electrons. The maximum absolute atomic E-state index is 5.85. The average molecular weight is 277 g/mol. The van der Waals surface area contributed by atoms with Gasteiger partial charge >= 0.3 is 0 Å². The number of rotatable bonds is 3. The summed E-state index contributed by atoms with van der Waals surface area (Å²) in [5.41, 5.74) is 0.857. The topological polar surface area (TPSA) is 49.3 Å². The van der Waals surface area contributed by atoms with Crippen LogP contribution in [0.1, 0.15) is 13.8 Å². The van der Waals surface area contributed by atoms with Crippen LogP contribution in [0, 0.1) is 0 Å². The van der Waals surface area contributed by atoms with Crippen molar-refractivity contribution in [1.82, 2.24) is 0 Å². The molecule has 0 saturated carbocycles. The highest BCUT2D eigenvalue weighted by Crippen LogP contribution is 2.34. The molecule has 2 saturated heterocycles. The summed E-state index contributed by atoms with van der Waals surface area (Å²) in [7, 11) is 1.64. The molecule has 0 unspecified atom stereocenters. The van der Waals surface area contributed by atoms with Gasteiger partial charge in [-0.15, -0.1) is 0 Å². The van der Waals surface area contributed by atoms with Crippen molar-refractivity contribution in [2.24, 2.45) is 4.99 Å². The van der Waals surface area contributed by atoms with Crippen LogP contribution in [0.15, 0.2) is 29.3 Å². The first-order valence-electron chi connectivity index (χ1n) is 6.73. The van der Waals surface area contributed by atoms with E-state index in [0.29, 0.717) is 6.61 Å². The lowest BCUT2D eigenvalue weighted by molar-refractivity contribution is -0.168. The van der Waals surface area contributed by atoms with Crippen molar-refractivity contribution in [3.63, 3.8) is 0 Å². The molecule has 0 spiro atoms. The summed E-state index contributed by atoms with van der Waals surface area (Å²) in [6.07, 6.45) is 1.55. The van der Waals surface area contributed by atoms with Gasteiger partial charge < -0.3 is 18.9 Å². The van der Waals surface area contributed by atoms with E-state index >= 15 is 0 Å². The molecular formula is C15H19NO4. The molecule has 2 fully saturated rings. The van der Waals surface area contributed by atoms with E-state index in [2.05, 4.69) is 4.99 Å². The molecular weight excluding hydrogens is 258 g/mol. The van der Waals surface area contributed by atoms with E-state index < -0.39 is 5.79 Å². The van der Waals surface area contributed by atoms with Gasteiger partial charge in [0.1, 0.15) is 24.1 Å². The molecule has 0 amide bonds. The fourth-order valence-corrected chi connectivity index (χ4v) is 2.53. The molecule has 2 heterocycles. The van der Waals surface area contributed by atoms with E-state index in [9.17, 15) is 0 Å². The maximum Gasteiger partial charge on any atom is 0.164 e. The Morgan fingerprint density at radius 2 is 2.00 bits per heavy atom. The van der Waals surface area contributed by atoms with Crippen LogP contribution < -0.4 is 4.74 Å². The smallest absolute Gasteiger partial charge is 0.164 e. The van der Waals surface area contributed by atoms with Crippen molar-refractivity contribution in [2.45, 2.75) is 37.9 Å². The van der Waals surface area contributed by atoms with Crippen LogP contribution in [0.4, 0.5) is 5.69 Å². The quantitative estimate of drug-likeness (QED) is 0.796. The van der Waals surface area contributed by atoms with E-state index in [0.717, 1.165) is 11.4 Å². The Kier molecular flexibility index (Phi) is 3.50. The second-order valence-corrected chi connectivity index (χ2v) is 5.41. The van der Waals surface area contributed by atoms with E-state index in [1.54, 1.807) is 13.3 Å². The van der Waals surface area contributed by atoms with Crippen LogP contribution >= 0.6 is 0 Å². The summed E-state index contributed by atoms with van der Waals surface area (Å²) in [6, 6.07) is 7.56. The summed E-state index contributed by atoms with van der Waals surface area (Å²) < 4.78 is 22.4. The molecule has 0 bridgehead atoms. The van der Waals surface area contributed by atoms with Crippen molar-refractivity contribution >= 4 is 11.9 Å². The molecule has 0 radical (unpaired) electrons. The Balaban J connectivity index is 1.67. The van der Waals surface area contributed by atoms with E-state index in [1.807, 2.05) is 38.1 Å². The zero-order valence-electron chi connectivity index (χ0n) is 11.9. The van der Waals surface area contributed by atoms with Crippen LogP contribution in [0.2, 0.25) is 0 Å². The number of hydrogen-bond acceptors (Lipinski definition) is 5. The summed E-state index contributed by atoms with van der Waals surface area (Å²) in [5.74, 6) is 0.279. The predicted octanol–water partition coefficient (Wildman–Crippen LogP) is 2.32. The molecule has 20 heavy (non-hydrogen) atoms. The van der Waals surface area contributed by atoms with E-state index in [-0.39, 0.29) is 18.3 Å². The van der Waals surface area contributed by atoms with Crippen LogP contribution in [-0.4, -0.2) is 44.0 Å². The number of aliphatic imine (C=N–C) groups is 1. The Labute approximate surface area is 118 Å². The van der Waals surface area contributed by atoms with E-state index in [4.69, 9.17) is 18.9 Å². The van der Waals surface area contributed by atoms with Gasteiger partial charge in [-0.25, -0.2) is 0 Å². The lowest BCUT2D eigenvalue weighted by Crippen LogP contribution is -2.30. The fourth-order valence-electron chi connectivity index (χ4n) is 2.53. The SMILES string of the molecule is COc1ccc(N=C[C@H]2OC[C@H]3OC(C)(C)O[C@@H]23)cc1. The van der Waals surface area contributed by atoms with Crippen molar-refractivity contribution in [3.05, 3.63) is 24.3 Å². The second kappa shape index (κ2) is 5.16. The molecule has 5 nitrogen and oxygen atoms in total. The zero-order valence-corrected chi connectivity index (χ0v) is 11.9. The van der Waals surface area contributed by atoms with Gasteiger partial charge in [0.2, 0.25) is 0 Å². The Bertz CT molecular complexity index is 497. The first kappa shape index (κ1) is 13.5. The molecule has 3 rings (SSSR count). The molecule has 5 heteroatoms. The predicted molar refractivity (Wildman–Crippen MR) is 74.7 cm³/mol. The largest absolute Gasteiger partial charge is 0.497 e. The average Bonchev–Trinajstić information content (AvgIpc) is 2.92. The first-order valence-corrected chi connectivity index (χ1v) is 6.73. The van der Waals surface area contributed by atoms with Gasteiger partial charge in [-0.1, -0.05) is 0 Å². The summed E-state index contributed by atoms with van der Waals surface area (Å²) in [4.78, 5) is 4.43. The van der Waals surface area contributed by atoms with Crippen molar-refractivity contribution in [2.75, 3.05) is 13.7 Å². The molecule has 0 N–H and O–H groups in total. The molecule has 2 aliphatic heterocycles. The second-order valence-electron chi connectivity index (χ2n) is 5.41. The zero-order chi connectivity index (χ0) is 14.2. The summed E-state index contributed by atoms with van der Waals surface area (Å²) in [5, 5.41) is 0. The van der Waals surface area contributed by atoms with Crippen LogP contribution in [0.5, 0.6) is 5.75 Å². The summed E-state index contributed by atoms with van der Waals surface area (Å²) >= 11 is 0. The van der Waals surface area contributed by atoms with Crippen molar-refractivity contribution in [1.29, 1.82) is 0 Å². The fraction of sp³-hybridized carbons (Fsp3) is 0.533. The number of hydrogen-bond donors (Lipinski definition) is 0. The lowest BCUT2D eigenvalue weighted by atomic mass is 10.2. The minimum absolute atomic E-state index is 0.00248. The highest BCUT2D eigenvalue weighted by molar-refractivity contribution is 5.69. The maximum atomic E-state index is 5.85. The Hall–Kier alpha value is -1.43. The number of ether oxygens (including phenoxy) is 4. The van der Waals surface area contributed by atoms with Gasteiger partial charge in [0.15, 0.2) is 5.79 Å². The van der Waals surface area contributed by atoms with Crippen LogP contribution in [0.25, 0.3) is 0 Å². The minimum atomic E-state index is -0.536. The molecule has 2 aliphatic rings. The monoisotopic (exact) mass is 277 g/mol. The van der Waals surface area contributed by atoms with Gasteiger partial charge in [0.25, 0.3) is 0 Å². The summed E-state index contributed by atoms with van der Waals surface area (Å²) in [6.45, 7) is 4.39. The normalized spacial score (nSPS) is 31.6. The highest BCUT2D eigenvalue weighted by Gasteiger charge is 2.49. The first-order chi connectivity index (χ1) is 9.57. The Morgan fingerprint density at radius 1 is 1.25 bits per heavy atom. The van der Waals surface area contributed by atoms with Crippen LogP contribution in [0.3, 0.4) is 0 Å². The number of benzene rings is 1.